The van der Waals surface area contributed by atoms with Crippen molar-refractivity contribution >= 4 is 5.97 Å². The highest BCUT2D eigenvalue weighted by Crippen LogP contribution is 2.66. The van der Waals surface area contributed by atoms with E-state index in [0.29, 0.717) is 35.0 Å². The van der Waals surface area contributed by atoms with Crippen LogP contribution in [0.3, 0.4) is 0 Å². The van der Waals surface area contributed by atoms with Crippen LogP contribution in [0.2, 0.25) is 0 Å². The topological polar surface area (TPSA) is 46.5 Å². The van der Waals surface area contributed by atoms with Gasteiger partial charge in [-0.3, -0.25) is 4.79 Å². The van der Waals surface area contributed by atoms with E-state index in [9.17, 15) is 9.90 Å². The second kappa shape index (κ2) is 8.41. The molecule has 174 valence electrons. The summed E-state index contributed by atoms with van der Waals surface area (Å²) in [6.07, 6.45) is 8.00. The van der Waals surface area contributed by atoms with Gasteiger partial charge in [0.15, 0.2) is 0 Å². The minimum atomic E-state index is -0.434. The number of ether oxygens (including phenoxy) is 1. The Labute approximate surface area is 185 Å². The number of carbonyl (C=O) groups excluding carboxylic acids is 1. The molecule has 0 saturated heterocycles. The zero-order valence-electron chi connectivity index (χ0n) is 21.0. The second-order valence-electron chi connectivity index (χ2n) is 12.8. The molecule has 0 spiro atoms. The molecule has 3 aliphatic carbocycles. The maximum absolute atomic E-state index is 13.5. The van der Waals surface area contributed by atoms with Gasteiger partial charge in [0.25, 0.3) is 0 Å². The summed E-state index contributed by atoms with van der Waals surface area (Å²) in [5.74, 6) is 2.93. The minimum Gasteiger partial charge on any atom is -0.459 e. The summed E-state index contributed by atoms with van der Waals surface area (Å²) >= 11 is 0. The van der Waals surface area contributed by atoms with Crippen LogP contribution >= 0.6 is 0 Å². The van der Waals surface area contributed by atoms with E-state index in [1.54, 1.807) is 0 Å². The van der Waals surface area contributed by atoms with Crippen LogP contribution in [-0.2, 0) is 9.53 Å². The number of aliphatic hydroxyl groups excluding tert-OH is 1. The van der Waals surface area contributed by atoms with Gasteiger partial charge in [0.2, 0.25) is 0 Å². The molecule has 30 heavy (non-hydrogen) atoms. The van der Waals surface area contributed by atoms with Gasteiger partial charge in [0.1, 0.15) is 5.60 Å². The molecule has 0 aliphatic heterocycles. The lowest BCUT2D eigenvalue weighted by atomic mass is 9.55. The van der Waals surface area contributed by atoms with Gasteiger partial charge in [-0.05, 0) is 92.8 Å². The summed E-state index contributed by atoms with van der Waals surface area (Å²) in [6.45, 7) is 18.6. The first-order valence-electron chi connectivity index (χ1n) is 12.7. The average molecular weight is 421 g/mol. The quantitative estimate of drug-likeness (QED) is 0.471. The van der Waals surface area contributed by atoms with Crippen molar-refractivity contribution in [1.29, 1.82) is 0 Å². The third kappa shape index (κ3) is 4.34. The van der Waals surface area contributed by atoms with Crippen molar-refractivity contribution in [2.75, 3.05) is 0 Å². The fourth-order valence-corrected chi connectivity index (χ4v) is 7.48. The molecule has 3 saturated carbocycles. The van der Waals surface area contributed by atoms with Crippen LogP contribution in [0.5, 0.6) is 0 Å². The molecule has 0 aromatic heterocycles. The highest BCUT2D eigenvalue weighted by atomic mass is 16.6. The Kier molecular flexibility index (Phi) is 6.75. The number of aliphatic hydroxyl groups is 1. The Hall–Kier alpha value is -0.570. The predicted molar refractivity (Wildman–Crippen MR) is 123 cm³/mol. The zero-order chi connectivity index (χ0) is 22.5. The number of fused-ring (bicyclic) bond motifs is 2. The largest absolute Gasteiger partial charge is 0.459 e. The summed E-state index contributed by atoms with van der Waals surface area (Å²) in [5.41, 5.74) is 0.148. The van der Waals surface area contributed by atoms with Gasteiger partial charge in [0.05, 0.1) is 12.0 Å². The molecular weight excluding hydrogens is 372 g/mol. The third-order valence-electron chi connectivity index (χ3n) is 9.98. The molecular formula is C27H48O3. The maximum atomic E-state index is 13.5. The molecule has 1 N–H and O–H groups in total. The summed E-state index contributed by atoms with van der Waals surface area (Å²) in [7, 11) is 0. The average Bonchev–Trinajstić information content (AvgIpc) is 3.27. The number of esters is 1. The summed E-state index contributed by atoms with van der Waals surface area (Å²) in [6, 6.07) is 0. The number of hydrogen-bond acceptors (Lipinski definition) is 3. The molecule has 3 heteroatoms. The SMILES string of the molecule is CCC(C)(C)C1C2CC(C(=O)OC(C)(C)C3CCC(O)CC3)C(C2)C1C(C)(C)CC. The summed E-state index contributed by atoms with van der Waals surface area (Å²) in [4.78, 5) is 13.5. The predicted octanol–water partition coefficient (Wildman–Crippen LogP) is 6.62. The van der Waals surface area contributed by atoms with Gasteiger partial charge in [-0.15, -0.1) is 0 Å². The summed E-state index contributed by atoms with van der Waals surface area (Å²) in [5, 5.41) is 9.85. The first-order valence-corrected chi connectivity index (χ1v) is 12.7. The molecule has 0 aromatic carbocycles. The van der Waals surface area contributed by atoms with Crippen LogP contribution in [0.25, 0.3) is 0 Å². The second-order valence-corrected chi connectivity index (χ2v) is 12.8. The molecule has 2 bridgehead atoms. The standard InChI is InChI=1S/C27H48O3/c1-9-25(3,4)22-17-15-20(23(22)26(5,6)10-2)21(16-17)24(29)30-27(7,8)18-11-13-19(28)14-12-18/h17-23,28H,9-16H2,1-8H3. The fraction of sp³-hybridized carbons (Fsp3) is 0.963. The fourth-order valence-electron chi connectivity index (χ4n) is 7.48. The van der Waals surface area contributed by atoms with Gasteiger partial charge in [0, 0.05) is 0 Å². The van der Waals surface area contributed by atoms with Gasteiger partial charge in [-0.1, -0.05) is 54.4 Å². The lowest BCUT2D eigenvalue weighted by molar-refractivity contribution is -0.174. The first kappa shape index (κ1) is 24.1. The molecule has 0 aromatic rings. The number of hydrogen-bond donors (Lipinski definition) is 1. The van der Waals surface area contributed by atoms with Gasteiger partial charge >= 0.3 is 5.97 Å². The van der Waals surface area contributed by atoms with Crippen molar-refractivity contribution in [1.82, 2.24) is 0 Å². The van der Waals surface area contributed by atoms with E-state index in [-0.39, 0.29) is 23.4 Å². The summed E-state index contributed by atoms with van der Waals surface area (Å²) < 4.78 is 6.27. The van der Waals surface area contributed by atoms with Crippen LogP contribution in [0, 0.1) is 46.3 Å². The van der Waals surface area contributed by atoms with Crippen LogP contribution in [0.15, 0.2) is 0 Å². The molecule has 3 fully saturated rings. The Balaban J connectivity index is 1.76. The Morgan fingerprint density at radius 2 is 1.40 bits per heavy atom. The Morgan fingerprint density at radius 1 is 0.867 bits per heavy atom. The molecule has 0 heterocycles. The molecule has 5 unspecified atom stereocenters. The Bertz CT molecular complexity index is 612. The van der Waals surface area contributed by atoms with E-state index in [0.717, 1.165) is 38.5 Å². The molecule has 3 aliphatic rings. The van der Waals surface area contributed by atoms with E-state index >= 15 is 0 Å². The van der Waals surface area contributed by atoms with E-state index in [1.165, 1.54) is 12.8 Å². The maximum Gasteiger partial charge on any atom is 0.309 e. The van der Waals surface area contributed by atoms with E-state index in [4.69, 9.17) is 4.74 Å². The highest BCUT2D eigenvalue weighted by molar-refractivity contribution is 5.74. The smallest absolute Gasteiger partial charge is 0.309 e. The number of carbonyl (C=O) groups is 1. The highest BCUT2D eigenvalue weighted by Gasteiger charge is 2.61. The third-order valence-corrected chi connectivity index (χ3v) is 9.98. The van der Waals surface area contributed by atoms with E-state index in [2.05, 4.69) is 55.4 Å². The van der Waals surface area contributed by atoms with Crippen LogP contribution in [0.1, 0.15) is 107 Å². The van der Waals surface area contributed by atoms with Crippen molar-refractivity contribution in [2.45, 2.75) is 118 Å². The lowest BCUT2D eigenvalue weighted by Gasteiger charge is -2.50. The van der Waals surface area contributed by atoms with E-state index in [1.807, 2.05) is 0 Å². The molecule has 0 amide bonds. The minimum absolute atomic E-state index is 0.0586. The first-order chi connectivity index (χ1) is 13.8. The zero-order valence-corrected chi connectivity index (χ0v) is 21.0. The van der Waals surface area contributed by atoms with E-state index < -0.39 is 5.60 Å². The Morgan fingerprint density at radius 3 is 1.93 bits per heavy atom. The van der Waals surface area contributed by atoms with Gasteiger partial charge < -0.3 is 9.84 Å². The van der Waals surface area contributed by atoms with Gasteiger partial charge in [-0.25, -0.2) is 0 Å². The van der Waals surface area contributed by atoms with Crippen molar-refractivity contribution < 1.29 is 14.6 Å². The van der Waals surface area contributed by atoms with Crippen molar-refractivity contribution in [3.8, 4) is 0 Å². The molecule has 3 nitrogen and oxygen atoms in total. The molecule has 5 atom stereocenters. The van der Waals surface area contributed by atoms with Gasteiger partial charge in [-0.2, -0.15) is 0 Å². The van der Waals surface area contributed by atoms with Crippen LogP contribution in [-0.4, -0.2) is 22.8 Å². The number of rotatable bonds is 7. The normalized spacial score (nSPS) is 37.4. The lowest BCUT2D eigenvalue weighted by Crippen LogP contribution is -2.47. The van der Waals surface area contributed by atoms with Crippen molar-refractivity contribution in [2.24, 2.45) is 46.3 Å². The van der Waals surface area contributed by atoms with Crippen molar-refractivity contribution in [3.05, 3.63) is 0 Å². The van der Waals surface area contributed by atoms with Crippen LogP contribution in [0.4, 0.5) is 0 Å². The molecule has 0 radical (unpaired) electrons. The monoisotopic (exact) mass is 420 g/mol. The van der Waals surface area contributed by atoms with Crippen LogP contribution < -0.4 is 0 Å². The molecule has 3 rings (SSSR count). The van der Waals surface area contributed by atoms with Crippen molar-refractivity contribution in [3.63, 3.8) is 0 Å².